The van der Waals surface area contributed by atoms with Crippen molar-refractivity contribution in [2.75, 3.05) is 19.8 Å². The summed E-state index contributed by atoms with van der Waals surface area (Å²) in [6.07, 6.45) is -0.471. The van der Waals surface area contributed by atoms with E-state index in [0.717, 1.165) is 0 Å². The number of hydrogen-bond acceptors (Lipinski definition) is 5. The van der Waals surface area contributed by atoms with Crippen LogP contribution in [0, 0.1) is 29.1 Å². The number of halogens is 5. The molecule has 0 spiro atoms. The monoisotopic (exact) mass is 419 g/mol. The van der Waals surface area contributed by atoms with Crippen molar-refractivity contribution in [1.29, 1.82) is 0 Å². The Morgan fingerprint density at radius 1 is 0.828 bits per heavy atom. The lowest BCUT2D eigenvalue weighted by molar-refractivity contribution is -0.140. The molecular weight excluding hydrogens is 405 g/mol. The smallest absolute Gasteiger partial charge is 0.412 e. The van der Waals surface area contributed by atoms with Crippen LogP contribution in [0.15, 0.2) is 30.3 Å². The Hall–Kier alpha value is -3.21. The quantitative estimate of drug-likeness (QED) is 0.177. The van der Waals surface area contributed by atoms with E-state index in [-0.39, 0.29) is 19.6 Å². The van der Waals surface area contributed by atoms with Gasteiger partial charge in [0.05, 0.1) is 0 Å². The van der Waals surface area contributed by atoms with Crippen molar-refractivity contribution in [2.24, 2.45) is 0 Å². The molecule has 29 heavy (non-hydrogen) atoms. The van der Waals surface area contributed by atoms with Gasteiger partial charge in [0.1, 0.15) is 12.4 Å². The number of carbonyl (C=O) groups is 2. The lowest BCUT2D eigenvalue weighted by atomic mass is 10.2. The molecule has 2 aromatic rings. The average molecular weight is 419 g/mol. The van der Waals surface area contributed by atoms with E-state index in [1.54, 1.807) is 30.3 Å². The third-order valence-corrected chi connectivity index (χ3v) is 3.29. The molecule has 0 fully saturated rings. The van der Waals surface area contributed by atoms with E-state index in [1.165, 1.54) is 0 Å². The Kier molecular flexibility index (Phi) is 7.89. The van der Waals surface area contributed by atoms with Crippen molar-refractivity contribution in [3.63, 3.8) is 0 Å². The lowest BCUT2D eigenvalue weighted by Gasteiger charge is -2.09. The van der Waals surface area contributed by atoms with Crippen molar-refractivity contribution >= 4 is 12.1 Å². The van der Waals surface area contributed by atoms with Gasteiger partial charge in [-0.25, -0.2) is 22.8 Å². The normalized spacial score (nSPS) is 10.5. The third-order valence-electron chi connectivity index (χ3n) is 3.29. The molecule has 156 valence electrons. The fraction of sp³-hybridized carbons (Fsp3) is 0.222. The van der Waals surface area contributed by atoms with Gasteiger partial charge < -0.3 is 19.5 Å². The molecule has 0 saturated carbocycles. The Bertz CT molecular complexity index is 850. The Morgan fingerprint density at radius 2 is 1.41 bits per heavy atom. The summed E-state index contributed by atoms with van der Waals surface area (Å²) in [5.74, 6) is -14.1. The number of carbonyl (C=O) groups excluding carboxylic acids is 2. The van der Waals surface area contributed by atoms with Gasteiger partial charge in [-0.15, -0.1) is 0 Å². The number of benzene rings is 2. The van der Waals surface area contributed by atoms with Gasteiger partial charge in [0.15, 0.2) is 0 Å². The summed E-state index contributed by atoms with van der Waals surface area (Å²) in [6, 6.07) is 8.28. The standard InChI is InChI=1S/C18H14F5NO5/c19-12-13(20)15(22)17(16(23)14(12)21)29-11(25)9-27-8-4-7-24-18(26)28-10-5-2-1-3-6-10/h1-3,5-6H,4,7-9H2,(H,24,26). The van der Waals surface area contributed by atoms with E-state index >= 15 is 0 Å². The maximum atomic E-state index is 13.4. The Balaban J connectivity index is 1.69. The summed E-state index contributed by atoms with van der Waals surface area (Å²) in [5, 5.41) is 2.42. The van der Waals surface area contributed by atoms with Crippen LogP contribution in [0.2, 0.25) is 0 Å². The second-order valence-corrected chi connectivity index (χ2v) is 5.41. The summed E-state index contributed by atoms with van der Waals surface area (Å²) in [7, 11) is 0. The molecule has 0 atom stereocenters. The van der Waals surface area contributed by atoms with E-state index in [0.29, 0.717) is 5.75 Å². The number of ether oxygens (including phenoxy) is 3. The highest BCUT2D eigenvalue weighted by Crippen LogP contribution is 2.29. The van der Waals surface area contributed by atoms with Crippen LogP contribution >= 0.6 is 0 Å². The topological polar surface area (TPSA) is 73.9 Å². The first kappa shape index (κ1) is 22.1. The highest BCUT2D eigenvalue weighted by atomic mass is 19.2. The molecule has 0 aromatic heterocycles. The number of esters is 1. The van der Waals surface area contributed by atoms with Crippen LogP contribution in [-0.2, 0) is 9.53 Å². The van der Waals surface area contributed by atoms with Crippen molar-refractivity contribution in [2.45, 2.75) is 6.42 Å². The summed E-state index contributed by atoms with van der Waals surface area (Å²) >= 11 is 0. The molecule has 0 aliphatic heterocycles. The molecule has 2 aromatic carbocycles. The first-order valence-electron chi connectivity index (χ1n) is 8.11. The van der Waals surface area contributed by atoms with Crippen LogP contribution < -0.4 is 14.8 Å². The highest BCUT2D eigenvalue weighted by Gasteiger charge is 2.28. The predicted octanol–water partition coefficient (Wildman–Crippen LogP) is 3.48. The van der Waals surface area contributed by atoms with Gasteiger partial charge in [-0.05, 0) is 18.6 Å². The second kappa shape index (κ2) is 10.4. The summed E-state index contributed by atoms with van der Waals surface area (Å²) in [4.78, 5) is 23.0. The molecule has 0 aliphatic rings. The second-order valence-electron chi connectivity index (χ2n) is 5.41. The first-order valence-corrected chi connectivity index (χ1v) is 8.11. The Labute approximate surface area is 161 Å². The molecule has 1 N–H and O–H groups in total. The zero-order chi connectivity index (χ0) is 21.4. The van der Waals surface area contributed by atoms with Gasteiger partial charge in [-0.1, -0.05) is 18.2 Å². The molecule has 1 amide bonds. The average Bonchev–Trinajstić information content (AvgIpc) is 2.71. The van der Waals surface area contributed by atoms with E-state index in [1.807, 2.05) is 0 Å². The summed E-state index contributed by atoms with van der Waals surface area (Å²) in [6.45, 7) is -0.760. The molecular formula is C18H14F5NO5. The van der Waals surface area contributed by atoms with Crippen LogP contribution in [-0.4, -0.2) is 31.8 Å². The van der Waals surface area contributed by atoms with Crippen LogP contribution in [0.1, 0.15) is 6.42 Å². The summed E-state index contributed by atoms with van der Waals surface area (Å²) in [5.41, 5.74) is 0. The van der Waals surface area contributed by atoms with E-state index < -0.39 is 53.5 Å². The van der Waals surface area contributed by atoms with Crippen molar-refractivity contribution in [3.8, 4) is 11.5 Å². The predicted molar refractivity (Wildman–Crippen MR) is 87.8 cm³/mol. The van der Waals surface area contributed by atoms with Gasteiger partial charge in [0.25, 0.3) is 0 Å². The van der Waals surface area contributed by atoms with E-state index in [4.69, 9.17) is 9.47 Å². The minimum Gasteiger partial charge on any atom is -0.418 e. The van der Waals surface area contributed by atoms with Gasteiger partial charge in [-0.3, -0.25) is 0 Å². The molecule has 2 rings (SSSR count). The van der Waals surface area contributed by atoms with Crippen LogP contribution in [0.4, 0.5) is 26.7 Å². The largest absolute Gasteiger partial charge is 0.418 e. The highest BCUT2D eigenvalue weighted by molar-refractivity contribution is 5.73. The molecule has 0 heterocycles. The van der Waals surface area contributed by atoms with E-state index in [9.17, 15) is 31.5 Å². The lowest BCUT2D eigenvalue weighted by Crippen LogP contribution is -2.28. The molecule has 0 radical (unpaired) electrons. The number of rotatable bonds is 8. The zero-order valence-corrected chi connectivity index (χ0v) is 14.6. The fourth-order valence-corrected chi connectivity index (χ4v) is 1.97. The third kappa shape index (κ3) is 6.14. The zero-order valence-electron chi connectivity index (χ0n) is 14.6. The SMILES string of the molecule is O=C(COCCCNC(=O)Oc1ccccc1)Oc1c(F)c(F)c(F)c(F)c1F. The number of para-hydroxylation sites is 1. The van der Waals surface area contributed by atoms with Gasteiger partial charge in [0, 0.05) is 13.2 Å². The maximum absolute atomic E-state index is 13.4. The van der Waals surface area contributed by atoms with Gasteiger partial charge in [0.2, 0.25) is 34.8 Å². The Morgan fingerprint density at radius 3 is 2.03 bits per heavy atom. The van der Waals surface area contributed by atoms with Crippen LogP contribution in [0.5, 0.6) is 11.5 Å². The van der Waals surface area contributed by atoms with Crippen molar-refractivity contribution in [3.05, 3.63) is 59.4 Å². The molecule has 11 heteroatoms. The van der Waals surface area contributed by atoms with Crippen molar-refractivity contribution < 1.29 is 45.8 Å². The molecule has 0 unspecified atom stereocenters. The molecule has 6 nitrogen and oxygen atoms in total. The van der Waals surface area contributed by atoms with Crippen LogP contribution in [0.25, 0.3) is 0 Å². The molecule has 0 saturated heterocycles. The maximum Gasteiger partial charge on any atom is 0.412 e. The first-order chi connectivity index (χ1) is 13.8. The fourth-order valence-electron chi connectivity index (χ4n) is 1.97. The molecule has 0 bridgehead atoms. The minimum atomic E-state index is -2.37. The molecule has 0 aliphatic carbocycles. The number of amides is 1. The van der Waals surface area contributed by atoms with Gasteiger partial charge >= 0.3 is 12.1 Å². The number of hydrogen-bond donors (Lipinski definition) is 1. The summed E-state index contributed by atoms with van der Waals surface area (Å²) < 4.78 is 79.7. The van der Waals surface area contributed by atoms with E-state index in [2.05, 4.69) is 10.1 Å². The minimum absolute atomic E-state index is 0.0716. The van der Waals surface area contributed by atoms with Crippen LogP contribution in [0.3, 0.4) is 0 Å². The van der Waals surface area contributed by atoms with Crippen molar-refractivity contribution in [1.82, 2.24) is 5.32 Å². The number of nitrogens with one attached hydrogen (secondary N) is 1. The van der Waals surface area contributed by atoms with Gasteiger partial charge in [-0.2, -0.15) is 8.78 Å².